The van der Waals surface area contributed by atoms with Gasteiger partial charge in [0.2, 0.25) is 0 Å². The van der Waals surface area contributed by atoms with E-state index in [2.05, 4.69) is 40.3 Å². The van der Waals surface area contributed by atoms with Crippen LogP contribution in [0.15, 0.2) is 5.03 Å². The van der Waals surface area contributed by atoms with Crippen molar-refractivity contribution in [1.29, 1.82) is 5.26 Å². The molecule has 6 nitrogen and oxygen atoms in total. The minimum atomic E-state index is 0.331. The van der Waals surface area contributed by atoms with E-state index < -0.39 is 0 Å². The summed E-state index contributed by atoms with van der Waals surface area (Å²) in [6, 6.07) is 2.21. The Balaban J connectivity index is 2.22. The molecule has 0 saturated carbocycles. The van der Waals surface area contributed by atoms with E-state index in [1.807, 2.05) is 25.5 Å². The van der Waals surface area contributed by atoms with Crippen LogP contribution in [0, 0.1) is 25.2 Å². The summed E-state index contributed by atoms with van der Waals surface area (Å²) in [5.74, 6) is 2.77. The smallest absolute Gasteiger partial charge is 0.143 e. The summed E-state index contributed by atoms with van der Waals surface area (Å²) in [7, 11) is 1.96. The monoisotopic (exact) mass is 302 g/mol. The van der Waals surface area contributed by atoms with E-state index in [0.717, 1.165) is 22.9 Å². The molecule has 0 amide bonds. The number of aryl methyl sites for hydroxylation is 1. The van der Waals surface area contributed by atoms with Crippen molar-refractivity contribution in [3.8, 4) is 6.07 Å². The van der Waals surface area contributed by atoms with E-state index in [9.17, 15) is 5.26 Å². The predicted octanol–water partition coefficient (Wildman–Crippen LogP) is 2.51. The summed E-state index contributed by atoms with van der Waals surface area (Å²) >= 11 is 1.47. The van der Waals surface area contributed by atoms with E-state index >= 15 is 0 Å². The Bertz CT molecular complexity index is 698. The number of hydrogen-bond donors (Lipinski definition) is 0. The topological polar surface area (TPSA) is 80.3 Å². The highest BCUT2D eigenvalue weighted by atomic mass is 32.2. The fourth-order valence-corrected chi connectivity index (χ4v) is 2.91. The molecule has 0 unspecified atom stereocenters. The Kier molecular flexibility index (Phi) is 4.58. The number of nitrogens with zero attached hydrogens (tertiary/aromatic N) is 6. The molecule has 0 aliphatic rings. The van der Waals surface area contributed by atoms with Crippen molar-refractivity contribution in [3.05, 3.63) is 28.5 Å². The van der Waals surface area contributed by atoms with Gasteiger partial charge in [-0.05, 0) is 19.4 Å². The minimum Gasteiger partial charge on any atom is -0.317 e. The van der Waals surface area contributed by atoms with E-state index in [1.54, 1.807) is 0 Å². The molecule has 0 fully saturated rings. The molecule has 21 heavy (non-hydrogen) atoms. The third-order valence-electron chi connectivity index (χ3n) is 3.39. The molecule has 2 aromatic rings. The molecule has 7 heteroatoms. The SMILES string of the molecule is Cc1nnc(SCc2nnc(C(C)C)n2C)c(C#N)c1C. The van der Waals surface area contributed by atoms with Gasteiger partial charge in [-0.1, -0.05) is 25.6 Å². The highest BCUT2D eigenvalue weighted by Gasteiger charge is 2.15. The van der Waals surface area contributed by atoms with Crippen molar-refractivity contribution in [3.63, 3.8) is 0 Å². The third kappa shape index (κ3) is 3.05. The summed E-state index contributed by atoms with van der Waals surface area (Å²) in [6.45, 7) is 7.92. The minimum absolute atomic E-state index is 0.331. The molecule has 0 N–H and O–H groups in total. The van der Waals surface area contributed by atoms with Gasteiger partial charge in [0.25, 0.3) is 0 Å². The molecule has 0 radical (unpaired) electrons. The van der Waals surface area contributed by atoms with Gasteiger partial charge in [0.1, 0.15) is 22.7 Å². The van der Waals surface area contributed by atoms with Crippen molar-refractivity contribution in [1.82, 2.24) is 25.0 Å². The highest BCUT2D eigenvalue weighted by Crippen LogP contribution is 2.26. The molecule has 110 valence electrons. The Morgan fingerprint density at radius 2 is 1.90 bits per heavy atom. The fraction of sp³-hybridized carbons (Fsp3) is 0.500. The number of rotatable bonds is 4. The quantitative estimate of drug-likeness (QED) is 0.807. The van der Waals surface area contributed by atoms with E-state index in [4.69, 9.17) is 0 Å². The maximum absolute atomic E-state index is 9.29. The van der Waals surface area contributed by atoms with Crippen molar-refractivity contribution in [2.75, 3.05) is 0 Å². The predicted molar refractivity (Wildman–Crippen MR) is 80.9 cm³/mol. The lowest BCUT2D eigenvalue weighted by molar-refractivity contribution is 0.698. The maximum atomic E-state index is 9.29. The molecule has 0 bridgehead atoms. The number of nitriles is 1. The molecule has 0 aliphatic carbocycles. The summed E-state index contributed by atoms with van der Waals surface area (Å²) in [5.41, 5.74) is 2.27. The molecule has 0 aromatic carbocycles. The van der Waals surface area contributed by atoms with Gasteiger partial charge in [-0.2, -0.15) is 10.4 Å². The molecule has 0 atom stereocenters. The van der Waals surface area contributed by atoms with Crippen molar-refractivity contribution >= 4 is 11.8 Å². The summed E-state index contributed by atoms with van der Waals surface area (Å²) in [4.78, 5) is 0. The number of aromatic nitrogens is 5. The van der Waals surface area contributed by atoms with Crippen LogP contribution in [0.2, 0.25) is 0 Å². The molecular formula is C14H18N6S. The van der Waals surface area contributed by atoms with Crippen LogP contribution in [-0.4, -0.2) is 25.0 Å². The Hall–Kier alpha value is -1.94. The summed E-state index contributed by atoms with van der Waals surface area (Å²) in [5, 5.41) is 26.6. The Labute approximate surface area is 128 Å². The first kappa shape index (κ1) is 15.4. The lowest BCUT2D eigenvalue weighted by Crippen LogP contribution is -2.04. The van der Waals surface area contributed by atoms with Crippen LogP contribution in [0.3, 0.4) is 0 Å². The molecule has 2 aromatic heterocycles. The first-order chi connectivity index (χ1) is 9.95. The second-order valence-electron chi connectivity index (χ2n) is 5.18. The van der Waals surface area contributed by atoms with Gasteiger partial charge < -0.3 is 4.57 Å². The van der Waals surface area contributed by atoms with Crippen molar-refractivity contribution < 1.29 is 0 Å². The zero-order valence-corrected chi connectivity index (χ0v) is 13.7. The van der Waals surface area contributed by atoms with Crippen LogP contribution in [0.5, 0.6) is 0 Å². The van der Waals surface area contributed by atoms with E-state index in [-0.39, 0.29) is 0 Å². The van der Waals surface area contributed by atoms with Crippen LogP contribution in [-0.2, 0) is 12.8 Å². The van der Waals surface area contributed by atoms with Gasteiger partial charge in [-0.3, -0.25) is 0 Å². The normalized spacial score (nSPS) is 10.9. The van der Waals surface area contributed by atoms with Gasteiger partial charge >= 0.3 is 0 Å². The number of thioether (sulfide) groups is 1. The van der Waals surface area contributed by atoms with E-state index in [0.29, 0.717) is 22.3 Å². The van der Waals surface area contributed by atoms with Crippen LogP contribution in [0.4, 0.5) is 0 Å². The van der Waals surface area contributed by atoms with Gasteiger partial charge in [0, 0.05) is 13.0 Å². The maximum Gasteiger partial charge on any atom is 0.143 e. The van der Waals surface area contributed by atoms with Crippen LogP contribution >= 0.6 is 11.8 Å². The zero-order valence-electron chi connectivity index (χ0n) is 12.9. The van der Waals surface area contributed by atoms with Crippen molar-refractivity contribution in [2.24, 2.45) is 7.05 Å². The Morgan fingerprint density at radius 1 is 1.19 bits per heavy atom. The molecule has 2 heterocycles. The Morgan fingerprint density at radius 3 is 2.48 bits per heavy atom. The van der Waals surface area contributed by atoms with Crippen molar-refractivity contribution in [2.45, 2.75) is 44.4 Å². The first-order valence-corrected chi connectivity index (χ1v) is 7.69. The fourth-order valence-electron chi connectivity index (χ4n) is 1.96. The zero-order chi connectivity index (χ0) is 15.6. The van der Waals surface area contributed by atoms with Gasteiger partial charge in [0.05, 0.1) is 17.0 Å². The number of hydrogen-bond acceptors (Lipinski definition) is 6. The highest BCUT2D eigenvalue weighted by molar-refractivity contribution is 7.98. The average Bonchev–Trinajstić information content (AvgIpc) is 2.81. The van der Waals surface area contributed by atoms with Gasteiger partial charge in [0.15, 0.2) is 0 Å². The summed E-state index contributed by atoms with van der Waals surface area (Å²) in [6.07, 6.45) is 0. The molecule has 0 saturated heterocycles. The van der Waals surface area contributed by atoms with Crippen LogP contribution in [0.25, 0.3) is 0 Å². The molecule has 2 rings (SSSR count). The third-order valence-corrected chi connectivity index (χ3v) is 4.35. The van der Waals surface area contributed by atoms with Gasteiger partial charge in [-0.25, -0.2) is 0 Å². The van der Waals surface area contributed by atoms with Crippen LogP contribution in [0.1, 0.15) is 48.2 Å². The lowest BCUT2D eigenvalue weighted by Gasteiger charge is -2.07. The van der Waals surface area contributed by atoms with Gasteiger partial charge in [-0.15, -0.1) is 15.3 Å². The molecular weight excluding hydrogens is 284 g/mol. The van der Waals surface area contributed by atoms with E-state index in [1.165, 1.54) is 11.8 Å². The molecule has 0 spiro atoms. The summed E-state index contributed by atoms with van der Waals surface area (Å²) < 4.78 is 2.00. The second kappa shape index (κ2) is 6.22. The first-order valence-electron chi connectivity index (χ1n) is 6.70. The largest absolute Gasteiger partial charge is 0.317 e. The molecule has 0 aliphatic heterocycles. The van der Waals surface area contributed by atoms with Crippen LogP contribution < -0.4 is 0 Å². The standard InChI is InChI=1S/C14H18N6S/c1-8(2)13-18-17-12(20(13)5)7-21-14-11(6-15)9(3)10(4)16-19-14/h8H,7H2,1-5H3. The second-order valence-corrected chi connectivity index (χ2v) is 6.14. The lowest BCUT2D eigenvalue weighted by atomic mass is 10.1. The average molecular weight is 302 g/mol.